The highest BCUT2D eigenvalue weighted by Gasteiger charge is 2.47. The number of carboxylic acids is 1. The van der Waals surface area contributed by atoms with E-state index in [2.05, 4.69) is 21.3 Å². The predicted octanol–water partition coefficient (Wildman–Crippen LogP) is 1.86. The van der Waals surface area contributed by atoms with Gasteiger partial charge in [-0.1, -0.05) is 24.3 Å². The highest BCUT2D eigenvalue weighted by Crippen LogP contribution is 2.36. The van der Waals surface area contributed by atoms with Crippen molar-refractivity contribution in [2.45, 2.75) is 50.4 Å². The fraction of sp³-hybridized carbons (Fsp3) is 0.216. The summed E-state index contributed by atoms with van der Waals surface area (Å²) in [6.07, 6.45) is -5.70. The van der Waals surface area contributed by atoms with E-state index in [1.165, 1.54) is 42.5 Å². The molecule has 2 unspecified atom stereocenters. The molecule has 0 aliphatic carbocycles. The van der Waals surface area contributed by atoms with Crippen molar-refractivity contribution in [3.05, 3.63) is 94.0 Å². The number of piperidine rings is 2. The monoisotopic (exact) mass is 804 g/mol. The summed E-state index contributed by atoms with van der Waals surface area (Å²) in [5, 5.41) is 17.4. The van der Waals surface area contributed by atoms with Gasteiger partial charge in [0.15, 0.2) is 0 Å². The van der Waals surface area contributed by atoms with E-state index in [1.807, 2.05) is 0 Å². The second-order valence-electron chi connectivity index (χ2n) is 13.0. The van der Waals surface area contributed by atoms with Gasteiger partial charge >= 0.3 is 12.1 Å². The third-order valence-corrected chi connectivity index (χ3v) is 9.25. The molecule has 2 saturated heterocycles. The van der Waals surface area contributed by atoms with Crippen molar-refractivity contribution in [3.8, 4) is 0 Å². The third-order valence-electron chi connectivity index (χ3n) is 9.25. The number of aliphatic carboxylic acids is 1. The molecule has 2 atom stereocenters. The summed E-state index contributed by atoms with van der Waals surface area (Å²) >= 11 is 0. The van der Waals surface area contributed by atoms with E-state index in [0.717, 1.165) is 23.1 Å². The van der Waals surface area contributed by atoms with Crippen LogP contribution in [0.4, 0.5) is 24.5 Å². The summed E-state index contributed by atoms with van der Waals surface area (Å²) in [5.74, 6) is -9.07. The number of nitrogens with zero attached hydrogens (tertiary/aromatic N) is 2. The average Bonchev–Trinajstić information content (AvgIpc) is 3.56. The zero-order chi connectivity index (χ0) is 42.2. The van der Waals surface area contributed by atoms with E-state index >= 15 is 0 Å². The number of fused-ring (bicyclic) bond motifs is 2. The molecule has 4 heterocycles. The number of hydrogen-bond donors (Lipinski definition) is 5. The summed E-state index contributed by atoms with van der Waals surface area (Å²) < 4.78 is 39.8. The Bertz CT molecular complexity index is 2400. The van der Waals surface area contributed by atoms with E-state index in [0.29, 0.717) is 4.90 Å². The number of benzene rings is 3. The Balaban J connectivity index is 0.000000200. The molecule has 21 heteroatoms. The van der Waals surface area contributed by atoms with Crippen LogP contribution in [0.3, 0.4) is 0 Å². The Labute approximate surface area is 322 Å². The molecule has 5 N–H and O–H groups in total. The predicted molar refractivity (Wildman–Crippen MR) is 187 cm³/mol. The summed E-state index contributed by atoms with van der Waals surface area (Å²) in [6.45, 7) is 0. The van der Waals surface area contributed by atoms with Crippen LogP contribution in [0, 0.1) is 0 Å². The van der Waals surface area contributed by atoms with Crippen LogP contribution < -0.4 is 21.3 Å². The number of amides is 10. The Kier molecular flexibility index (Phi) is 10.7. The fourth-order valence-corrected chi connectivity index (χ4v) is 6.69. The molecule has 3 aromatic carbocycles. The van der Waals surface area contributed by atoms with Gasteiger partial charge in [-0.2, -0.15) is 13.2 Å². The normalized spacial score (nSPS) is 18.8. The molecule has 0 spiro atoms. The standard InChI is InChI=1S/C21H14F3N3O5.C16H13N3O7/c22-21(23,24)12-6-2-1-4-10(12)17(29)25-13-7-3-5-11-16(13)20(32)27(19(11)31)14-8-9-15(28)26-18(14)30;20-10-5-4-9(14(24)18-10)19-15(25)7-2-1-3-8(13(7)16(19)26)17-11(21)6-12(22)23/h1-7,14H,8-9H2,(H,25,29)(H,26,28,30);1-3,9H,4-6H2,(H,17,21)(H,22,23)(H,18,20,24). The van der Waals surface area contributed by atoms with E-state index in [-0.39, 0.29) is 59.3 Å². The Hall–Kier alpha value is -7.58. The number of halogens is 3. The molecule has 7 rings (SSSR count). The number of carbonyl (C=O) groups is 11. The number of hydrogen-bond acceptors (Lipinski definition) is 11. The van der Waals surface area contributed by atoms with E-state index < -0.39 is 101 Å². The molecule has 4 aliphatic rings. The first kappa shape index (κ1) is 40.1. The van der Waals surface area contributed by atoms with Gasteiger partial charge in [0, 0.05) is 12.8 Å². The number of anilines is 2. The molecule has 4 aliphatic heterocycles. The van der Waals surface area contributed by atoms with Crippen LogP contribution in [0.1, 0.15) is 89.5 Å². The molecule has 0 bridgehead atoms. The summed E-state index contributed by atoms with van der Waals surface area (Å²) in [4.78, 5) is 134. The second kappa shape index (κ2) is 15.5. The van der Waals surface area contributed by atoms with Crippen LogP contribution in [0.5, 0.6) is 0 Å². The Morgan fingerprint density at radius 3 is 1.57 bits per heavy atom. The third kappa shape index (κ3) is 7.63. The molecule has 2 fully saturated rings. The molecule has 0 radical (unpaired) electrons. The van der Waals surface area contributed by atoms with Gasteiger partial charge in [-0.3, -0.25) is 73.2 Å². The lowest BCUT2D eigenvalue weighted by atomic mass is 10.0. The second-order valence-corrected chi connectivity index (χ2v) is 13.0. The average molecular weight is 805 g/mol. The van der Waals surface area contributed by atoms with Crippen LogP contribution in [0.2, 0.25) is 0 Å². The van der Waals surface area contributed by atoms with Crippen LogP contribution in [-0.4, -0.2) is 92.0 Å². The maximum absolute atomic E-state index is 13.3. The van der Waals surface area contributed by atoms with Crippen molar-refractivity contribution in [1.29, 1.82) is 0 Å². The first-order valence-corrected chi connectivity index (χ1v) is 17.1. The Morgan fingerprint density at radius 2 is 1.12 bits per heavy atom. The maximum Gasteiger partial charge on any atom is 0.417 e. The van der Waals surface area contributed by atoms with Crippen molar-refractivity contribution < 1.29 is 71.0 Å². The molecule has 3 aromatic rings. The lowest BCUT2D eigenvalue weighted by molar-refractivity contribution is -0.140. The van der Waals surface area contributed by atoms with Gasteiger partial charge in [0.25, 0.3) is 29.5 Å². The highest BCUT2D eigenvalue weighted by atomic mass is 19.4. The van der Waals surface area contributed by atoms with Crippen LogP contribution in [0.25, 0.3) is 0 Å². The SMILES string of the molecule is O=C(O)CC(=O)Nc1cccc2c1C(=O)N(C1CCC(=O)NC1=O)C2=O.O=C1CCC(N2C(=O)c3cccc(NC(=O)c4ccccc4C(F)(F)F)c3C2=O)C(=O)N1. The number of imide groups is 4. The number of rotatable bonds is 7. The number of carboxylic acid groups (broad SMARTS) is 1. The number of carbonyl (C=O) groups excluding carboxylic acids is 10. The molecule has 298 valence electrons. The van der Waals surface area contributed by atoms with Crippen molar-refractivity contribution in [3.63, 3.8) is 0 Å². The summed E-state index contributed by atoms with van der Waals surface area (Å²) in [5.41, 5.74) is -2.45. The number of alkyl halides is 3. The zero-order valence-electron chi connectivity index (χ0n) is 29.4. The number of nitrogens with one attached hydrogen (secondary N) is 4. The molecule has 0 saturated carbocycles. The molecule has 58 heavy (non-hydrogen) atoms. The van der Waals surface area contributed by atoms with Crippen molar-refractivity contribution >= 4 is 76.4 Å². The largest absolute Gasteiger partial charge is 0.481 e. The van der Waals surface area contributed by atoms with E-state index in [4.69, 9.17) is 5.11 Å². The van der Waals surface area contributed by atoms with Gasteiger partial charge in [0.2, 0.25) is 29.5 Å². The lowest BCUT2D eigenvalue weighted by Crippen LogP contribution is -2.54. The molecule has 0 aromatic heterocycles. The highest BCUT2D eigenvalue weighted by molar-refractivity contribution is 6.27. The van der Waals surface area contributed by atoms with E-state index in [1.54, 1.807) is 0 Å². The van der Waals surface area contributed by atoms with Gasteiger partial charge in [0.05, 0.1) is 44.8 Å². The minimum Gasteiger partial charge on any atom is -0.481 e. The van der Waals surface area contributed by atoms with Gasteiger partial charge in [-0.05, 0) is 49.2 Å². The molecule has 18 nitrogen and oxygen atoms in total. The van der Waals surface area contributed by atoms with Crippen molar-refractivity contribution in [2.24, 2.45) is 0 Å². The fourth-order valence-electron chi connectivity index (χ4n) is 6.69. The quantitative estimate of drug-likeness (QED) is 0.169. The zero-order valence-corrected chi connectivity index (χ0v) is 29.4. The first-order chi connectivity index (χ1) is 27.4. The van der Waals surface area contributed by atoms with Crippen LogP contribution in [0.15, 0.2) is 60.7 Å². The van der Waals surface area contributed by atoms with Crippen LogP contribution in [-0.2, 0) is 34.9 Å². The van der Waals surface area contributed by atoms with Crippen molar-refractivity contribution in [1.82, 2.24) is 20.4 Å². The lowest BCUT2D eigenvalue weighted by Gasteiger charge is -2.27. The van der Waals surface area contributed by atoms with Gasteiger partial charge in [-0.25, -0.2) is 0 Å². The topological polar surface area (TPSA) is 263 Å². The summed E-state index contributed by atoms with van der Waals surface area (Å²) in [7, 11) is 0. The Morgan fingerprint density at radius 1 is 0.655 bits per heavy atom. The summed E-state index contributed by atoms with van der Waals surface area (Å²) in [6, 6.07) is 9.89. The molecular weight excluding hydrogens is 777 g/mol. The maximum atomic E-state index is 13.3. The first-order valence-electron chi connectivity index (χ1n) is 17.1. The minimum absolute atomic E-state index is 0.00664. The minimum atomic E-state index is -4.78. The van der Waals surface area contributed by atoms with E-state index in [9.17, 15) is 65.9 Å². The van der Waals surface area contributed by atoms with Gasteiger partial charge in [0.1, 0.15) is 18.5 Å². The van der Waals surface area contributed by atoms with Gasteiger partial charge in [-0.15, -0.1) is 0 Å². The molecular formula is C37H27F3N6O12. The van der Waals surface area contributed by atoms with Crippen molar-refractivity contribution in [2.75, 3.05) is 10.6 Å². The smallest absolute Gasteiger partial charge is 0.417 e. The van der Waals surface area contributed by atoms with Gasteiger partial charge < -0.3 is 15.7 Å². The van der Waals surface area contributed by atoms with Crippen LogP contribution >= 0.6 is 0 Å². The molecule has 10 amide bonds.